The zero-order valence-corrected chi connectivity index (χ0v) is 16.4. The molecule has 0 aromatic heterocycles. The van der Waals surface area contributed by atoms with Crippen LogP contribution >= 0.6 is 0 Å². The Kier molecular flexibility index (Phi) is 5.62. The predicted octanol–water partition coefficient (Wildman–Crippen LogP) is 1.60. The van der Waals surface area contributed by atoms with Gasteiger partial charge in [0.05, 0.1) is 0 Å². The van der Waals surface area contributed by atoms with Gasteiger partial charge in [0.15, 0.2) is 5.82 Å². The molecule has 150 valence electrons. The molecule has 1 amide bonds. The Morgan fingerprint density at radius 1 is 1.44 bits per heavy atom. The van der Waals surface area contributed by atoms with E-state index in [1.807, 2.05) is 0 Å². The average Bonchev–Trinajstić information content (AvgIpc) is 2.71. The van der Waals surface area contributed by atoms with Gasteiger partial charge in [-0.1, -0.05) is 13.8 Å². The molecule has 1 aliphatic carbocycles. The third-order valence-corrected chi connectivity index (χ3v) is 6.47. The second-order valence-electron chi connectivity index (χ2n) is 7.66. The van der Waals surface area contributed by atoms with Crippen molar-refractivity contribution in [3.63, 3.8) is 0 Å². The van der Waals surface area contributed by atoms with Crippen molar-refractivity contribution in [3.8, 4) is 5.75 Å². The number of carbonyl (C=O) groups excluding carboxylic acids is 1. The smallest absolute Gasteiger partial charge is 0.326 e. The summed E-state index contributed by atoms with van der Waals surface area (Å²) in [6.07, 6.45) is 3.79. The van der Waals surface area contributed by atoms with Crippen LogP contribution in [0, 0.1) is 11.7 Å². The van der Waals surface area contributed by atoms with Gasteiger partial charge in [0, 0.05) is 6.04 Å². The van der Waals surface area contributed by atoms with Crippen LogP contribution in [-0.4, -0.2) is 38.6 Å². The van der Waals surface area contributed by atoms with E-state index in [9.17, 15) is 18.3 Å². The maximum atomic E-state index is 15.3. The molecule has 1 aromatic rings. The van der Waals surface area contributed by atoms with Crippen molar-refractivity contribution >= 4 is 21.8 Å². The summed E-state index contributed by atoms with van der Waals surface area (Å²) < 4.78 is 41.9. The number of nitrogens with zero attached hydrogens (tertiary/aromatic N) is 1. The Hall–Kier alpha value is -1.87. The number of hydrogen-bond acceptors (Lipinski definition) is 5. The fraction of sp³-hybridized carbons (Fsp3) is 0.611. The number of carbonyl (C=O) groups is 1. The highest BCUT2D eigenvalue weighted by atomic mass is 32.2. The van der Waals surface area contributed by atoms with Crippen LogP contribution in [0.4, 0.5) is 10.1 Å². The zero-order valence-electron chi connectivity index (χ0n) is 15.6. The summed E-state index contributed by atoms with van der Waals surface area (Å²) in [5.41, 5.74) is 0.657. The van der Waals surface area contributed by atoms with Crippen LogP contribution in [0.2, 0.25) is 0 Å². The molecule has 1 aliphatic heterocycles. The molecule has 9 heteroatoms. The minimum atomic E-state index is -4.19. The summed E-state index contributed by atoms with van der Waals surface area (Å²) in [5.74, 6) is -1.40. The molecule has 1 fully saturated rings. The Balaban J connectivity index is 1.92. The standard InChI is InChI=1S/C18H26FN3O4S/c1-11(2)6-7-20-13-5-3-4-12-8-15(23)18(17(19)14(12)9-13)22-10-16(24)21-27(22,25)26/h8,11,13,20,23H,3-7,9-10H2,1-2H3,(H,21,24). The Bertz CT molecular complexity index is 841. The van der Waals surface area contributed by atoms with Crippen LogP contribution in [0.25, 0.3) is 0 Å². The molecule has 1 aromatic carbocycles. The molecule has 3 N–H and O–H groups in total. The fourth-order valence-corrected chi connectivity index (χ4v) is 4.85. The van der Waals surface area contributed by atoms with E-state index >= 15 is 4.39 Å². The Labute approximate surface area is 159 Å². The van der Waals surface area contributed by atoms with Gasteiger partial charge in [0.1, 0.15) is 18.0 Å². The minimum Gasteiger partial charge on any atom is -0.506 e. The first-order valence-corrected chi connectivity index (χ1v) is 10.7. The number of phenolic OH excluding ortho intramolecular Hbond substituents is 1. The molecule has 1 saturated heterocycles. The highest BCUT2D eigenvalue weighted by molar-refractivity contribution is 7.92. The Morgan fingerprint density at radius 3 is 2.81 bits per heavy atom. The number of aromatic hydroxyl groups is 1. The number of anilines is 1. The van der Waals surface area contributed by atoms with E-state index in [-0.39, 0.29) is 6.04 Å². The summed E-state index contributed by atoms with van der Waals surface area (Å²) >= 11 is 0. The van der Waals surface area contributed by atoms with Crippen molar-refractivity contribution in [2.45, 2.75) is 52.0 Å². The van der Waals surface area contributed by atoms with Gasteiger partial charge >= 0.3 is 10.2 Å². The molecule has 0 spiro atoms. The van der Waals surface area contributed by atoms with Crippen LogP contribution in [0.3, 0.4) is 0 Å². The number of benzene rings is 1. The van der Waals surface area contributed by atoms with Gasteiger partial charge in [-0.15, -0.1) is 0 Å². The van der Waals surface area contributed by atoms with Gasteiger partial charge in [-0.25, -0.2) is 13.4 Å². The summed E-state index contributed by atoms with van der Waals surface area (Å²) in [6, 6.07) is 1.52. The van der Waals surface area contributed by atoms with Gasteiger partial charge in [-0.3, -0.25) is 4.79 Å². The number of aryl methyl sites for hydroxylation is 1. The lowest BCUT2D eigenvalue weighted by atomic mass is 9.99. The second-order valence-corrected chi connectivity index (χ2v) is 9.26. The van der Waals surface area contributed by atoms with Crippen molar-refractivity contribution in [2.75, 3.05) is 17.4 Å². The molecule has 1 heterocycles. The molecular weight excluding hydrogens is 373 g/mol. The lowest BCUT2D eigenvalue weighted by Crippen LogP contribution is -2.33. The topological polar surface area (TPSA) is 98.7 Å². The maximum Gasteiger partial charge on any atom is 0.326 e. The summed E-state index contributed by atoms with van der Waals surface area (Å²) in [7, 11) is -4.19. The summed E-state index contributed by atoms with van der Waals surface area (Å²) in [6.45, 7) is 4.58. The highest BCUT2D eigenvalue weighted by Crippen LogP contribution is 2.39. The molecular formula is C18H26FN3O4S. The first-order valence-electron chi connectivity index (χ1n) is 9.29. The van der Waals surface area contributed by atoms with Crippen LogP contribution in [0.5, 0.6) is 5.75 Å². The van der Waals surface area contributed by atoms with E-state index in [1.165, 1.54) is 6.07 Å². The van der Waals surface area contributed by atoms with E-state index in [0.717, 1.165) is 25.8 Å². The van der Waals surface area contributed by atoms with E-state index in [1.54, 1.807) is 4.72 Å². The number of halogens is 1. The summed E-state index contributed by atoms with van der Waals surface area (Å²) in [5, 5.41) is 13.7. The first kappa shape index (κ1) is 19.9. The van der Waals surface area contributed by atoms with Gasteiger partial charge < -0.3 is 10.4 Å². The molecule has 3 rings (SSSR count). The van der Waals surface area contributed by atoms with Crippen molar-refractivity contribution < 1.29 is 22.7 Å². The third-order valence-electron chi connectivity index (χ3n) is 5.09. The van der Waals surface area contributed by atoms with Crippen molar-refractivity contribution in [1.29, 1.82) is 0 Å². The molecule has 1 unspecified atom stereocenters. The van der Waals surface area contributed by atoms with E-state index in [2.05, 4.69) is 19.2 Å². The Morgan fingerprint density at radius 2 is 2.19 bits per heavy atom. The van der Waals surface area contributed by atoms with Gasteiger partial charge in [0.2, 0.25) is 0 Å². The lowest BCUT2D eigenvalue weighted by molar-refractivity contribution is -0.117. The molecule has 2 aliphatic rings. The van der Waals surface area contributed by atoms with Crippen LogP contribution < -0.4 is 14.3 Å². The molecule has 1 atom stereocenters. The number of fused-ring (bicyclic) bond motifs is 1. The fourth-order valence-electron chi connectivity index (χ4n) is 3.68. The molecule has 0 radical (unpaired) electrons. The third kappa shape index (κ3) is 4.19. The number of amides is 1. The van der Waals surface area contributed by atoms with Gasteiger partial charge in [-0.05, 0) is 61.8 Å². The second kappa shape index (κ2) is 7.63. The van der Waals surface area contributed by atoms with E-state index in [0.29, 0.717) is 34.2 Å². The number of rotatable bonds is 5. The predicted molar refractivity (Wildman–Crippen MR) is 100 cm³/mol. The number of nitrogens with one attached hydrogen (secondary N) is 2. The maximum absolute atomic E-state index is 15.3. The molecule has 0 saturated carbocycles. The van der Waals surface area contributed by atoms with Gasteiger partial charge in [-0.2, -0.15) is 8.42 Å². The van der Waals surface area contributed by atoms with Crippen molar-refractivity contribution in [2.24, 2.45) is 5.92 Å². The average molecular weight is 399 g/mol. The minimum absolute atomic E-state index is 0.0897. The van der Waals surface area contributed by atoms with Crippen LogP contribution in [-0.2, 0) is 27.8 Å². The lowest BCUT2D eigenvalue weighted by Gasteiger charge is -2.22. The normalized spacial score (nSPS) is 21.9. The van der Waals surface area contributed by atoms with Crippen molar-refractivity contribution in [1.82, 2.24) is 10.0 Å². The van der Waals surface area contributed by atoms with E-state index in [4.69, 9.17) is 0 Å². The van der Waals surface area contributed by atoms with Crippen molar-refractivity contribution in [3.05, 3.63) is 23.0 Å². The van der Waals surface area contributed by atoms with E-state index < -0.39 is 39.9 Å². The monoisotopic (exact) mass is 399 g/mol. The number of hydrogen-bond donors (Lipinski definition) is 3. The highest BCUT2D eigenvalue weighted by Gasteiger charge is 2.38. The SMILES string of the molecule is CC(C)CCNC1CCCc2cc(O)c(N3CC(=O)NS3(=O)=O)c(F)c2C1. The summed E-state index contributed by atoms with van der Waals surface area (Å²) in [4.78, 5) is 11.5. The molecule has 7 nitrogen and oxygen atoms in total. The first-order chi connectivity index (χ1) is 12.7. The zero-order chi connectivity index (χ0) is 19.8. The number of phenols is 1. The molecule has 0 bridgehead atoms. The van der Waals surface area contributed by atoms with Gasteiger partial charge in [0.25, 0.3) is 5.91 Å². The van der Waals surface area contributed by atoms with Crippen LogP contribution in [0.15, 0.2) is 6.07 Å². The molecule has 27 heavy (non-hydrogen) atoms. The largest absolute Gasteiger partial charge is 0.506 e. The van der Waals surface area contributed by atoms with Crippen LogP contribution in [0.1, 0.15) is 44.2 Å². The quantitative estimate of drug-likeness (QED) is 0.653.